The number of carboxylic acid groups (broad SMARTS) is 1. The molecule has 0 aliphatic heterocycles. The lowest BCUT2D eigenvalue weighted by Crippen LogP contribution is -2.36. The maximum absolute atomic E-state index is 12.5. The van der Waals surface area contributed by atoms with E-state index in [1.807, 2.05) is 0 Å². The lowest BCUT2D eigenvalue weighted by Gasteiger charge is -2.29. The van der Waals surface area contributed by atoms with Gasteiger partial charge in [0.2, 0.25) is 5.91 Å². The molecule has 1 amide bonds. The topological polar surface area (TPSA) is 66.8 Å². The average molecular weight is 341 g/mol. The molecule has 5 nitrogen and oxygen atoms in total. The van der Waals surface area contributed by atoms with Gasteiger partial charge >= 0.3 is 12.6 Å². The monoisotopic (exact) mass is 341 g/mol. The summed E-state index contributed by atoms with van der Waals surface area (Å²) in [6.07, 6.45) is 2.43. The number of halogens is 2. The first-order chi connectivity index (χ1) is 11.4. The van der Waals surface area contributed by atoms with Crippen molar-refractivity contribution in [2.45, 2.75) is 38.8 Å². The Labute approximate surface area is 139 Å². The number of aliphatic carboxylic acids is 1. The Bertz CT molecular complexity index is 576. The largest absolute Gasteiger partial charge is 0.481 e. The van der Waals surface area contributed by atoms with Crippen molar-refractivity contribution in [3.8, 4) is 5.75 Å². The summed E-state index contributed by atoms with van der Waals surface area (Å²) in [7, 11) is 1.66. The van der Waals surface area contributed by atoms with E-state index in [9.17, 15) is 18.4 Å². The van der Waals surface area contributed by atoms with Gasteiger partial charge in [-0.1, -0.05) is 18.6 Å². The van der Waals surface area contributed by atoms with Crippen molar-refractivity contribution in [1.29, 1.82) is 0 Å². The number of nitrogens with zero attached hydrogens (tertiary/aromatic N) is 1. The highest BCUT2D eigenvalue weighted by atomic mass is 19.3. The van der Waals surface area contributed by atoms with Crippen LogP contribution in [0.3, 0.4) is 0 Å². The fourth-order valence-electron chi connectivity index (χ4n) is 3.08. The third kappa shape index (κ3) is 4.91. The molecule has 2 atom stereocenters. The highest BCUT2D eigenvalue weighted by Gasteiger charge is 2.32. The molecule has 1 aliphatic carbocycles. The van der Waals surface area contributed by atoms with E-state index in [1.54, 1.807) is 24.1 Å². The van der Waals surface area contributed by atoms with Gasteiger partial charge in [0.1, 0.15) is 5.75 Å². The van der Waals surface area contributed by atoms with E-state index < -0.39 is 18.5 Å². The molecule has 1 saturated carbocycles. The molecule has 132 valence electrons. The summed E-state index contributed by atoms with van der Waals surface area (Å²) in [5.41, 5.74) is 0.790. The van der Waals surface area contributed by atoms with Gasteiger partial charge in [-0.05, 0) is 37.0 Å². The molecule has 1 aromatic carbocycles. The van der Waals surface area contributed by atoms with Gasteiger partial charge in [-0.25, -0.2) is 0 Å². The molecule has 0 aromatic heterocycles. The van der Waals surface area contributed by atoms with E-state index in [1.165, 1.54) is 12.1 Å². The van der Waals surface area contributed by atoms with Crippen molar-refractivity contribution >= 4 is 11.9 Å². The Kier molecular flexibility index (Phi) is 6.11. The number of hydrogen-bond donors (Lipinski definition) is 1. The average Bonchev–Trinajstić information content (AvgIpc) is 2.55. The molecule has 1 aliphatic rings. The highest BCUT2D eigenvalue weighted by Crippen LogP contribution is 2.30. The smallest absolute Gasteiger partial charge is 0.387 e. The minimum absolute atomic E-state index is 0.0688. The van der Waals surface area contributed by atoms with Gasteiger partial charge in [0.05, 0.1) is 5.92 Å². The van der Waals surface area contributed by atoms with Gasteiger partial charge in [-0.3, -0.25) is 9.59 Å². The lowest BCUT2D eigenvalue weighted by atomic mass is 9.81. The summed E-state index contributed by atoms with van der Waals surface area (Å²) in [4.78, 5) is 25.1. The van der Waals surface area contributed by atoms with Crippen molar-refractivity contribution in [2.75, 3.05) is 7.05 Å². The van der Waals surface area contributed by atoms with Crippen molar-refractivity contribution in [3.63, 3.8) is 0 Å². The Morgan fingerprint density at radius 1 is 1.25 bits per heavy atom. The molecule has 0 radical (unpaired) electrons. The standard InChI is InChI=1S/C17H21F2NO4/c1-20(10-11-5-7-14(8-6-11)24-17(18)19)15(21)12-3-2-4-13(9-12)16(22)23/h5-8,12-13,17H,2-4,9-10H2,1H3,(H,22,23). The third-order valence-corrected chi connectivity index (χ3v) is 4.32. The summed E-state index contributed by atoms with van der Waals surface area (Å²) < 4.78 is 28.5. The molecule has 0 spiro atoms. The number of ether oxygens (including phenoxy) is 1. The van der Waals surface area contributed by atoms with E-state index in [2.05, 4.69) is 4.74 Å². The van der Waals surface area contributed by atoms with E-state index in [4.69, 9.17) is 5.11 Å². The van der Waals surface area contributed by atoms with E-state index >= 15 is 0 Å². The minimum Gasteiger partial charge on any atom is -0.481 e. The predicted octanol–water partition coefficient (Wildman–Crippen LogP) is 3.14. The first kappa shape index (κ1) is 18.2. The Hall–Kier alpha value is -2.18. The molecule has 1 fully saturated rings. The fourth-order valence-corrected chi connectivity index (χ4v) is 3.08. The maximum Gasteiger partial charge on any atom is 0.387 e. The fraction of sp³-hybridized carbons (Fsp3) is 0.529. The second-order valence-electron chi connectivity index (χ2n) is 6.12. The van der Waals surface area contributed by atoms with Crippen molar-refractivity contribution in [3.05, 3.63) is 29.8 Å². The lowest BCUT2D eigenvalue weighted by molar-refractivity contribution is -0.145. The molecular weight excluding hydrogens is 320 g/mol. The van der Waals surface area contributed by atoms with Crippen LogP contribution < -0.4 is 4.74 Å². The Morgan fingerprint density at radius 2 is 1.88 bits per heavy atom. The molecule has 1 N–H and O–H groups in total. The number of amides is 1. The van der Waals surface area contributed by atoms with Crippen LogP contribution in [0.5, 0.6) is 5.75 Å². The van der Waals surface area contributed by atoms with Gasteiger partial charge < -0.3 is 14.7 Å². The first-order valence-electron chi connectivity index (χ1n) is 7.88. The number of benzene rings is 1. The SMILES string of the molecule is CN(Cc1ccc(OC(F)F)cc1)C(=O)C1CCCC(C(=O)O)C1. The highest BCUT2D eigenvalue weighted by molar-refractivity contribution is 5.80. The van der Waals surface area contributed by atoms with E-state index in [0.29, 0.717) is 25.8 Å². The third-order valence-electron chi connectivity index (χ3n) is 4.32. The quantitative estimate of drug-likeness (QED) is 0.863. The molecule has 24 heavy (non-hydrogen) atoms. The maximum atomic E-state index is 12.5. The zero-order chi connectivity index (χ0) is 17.7. The number of carbonyl (C=O) groups is 2. The summed E-state index contributed by atoms with van der Waals surface area (Å²) in [5.74, 6) is -1.57. The molecule has 2 unspecified atom stereocenters. The van der Waals surface area contributed by atoms with Gasteiger partial charge in [0.25, 0.3) is 0 Å². The van der Waals surface area contributed by atoms with Crippen LogP contribution in [-0.4, -0.2) is 35.5 Å². The van der Waals surface area contributed by atoms with Crippen LogP contribution in [0.25, 0.3) is 0 Å². The number of hydrogen-bond acceptors (Lipinski definition) is 3. The van der Waals surface area contributed by atoms with E-state index in [0.717, 1.165) is 12.0 Å². The number of alkyl halides is 2. The minimum atomic E-state index is -2.87. The normalized spacial score (nSPS) is 20.7. The molecule has 0 heterocycles. The molecule has 2 rings (SSSR count). The molecule has 1 aromatic rings. The Morgan fingerprint density at radius 3 is 2.46 bits per heavy atom. The summed E-state index contributed by atoms with van der Waals surface area (Å²) >= 11 is 0. The van der Waals surface area contributed by atoms with Crippen LogP contribution in [0.4, 0.5) is 8.78 Å². The molecule has 7 heteroatoms. The number of rotatable bonds is 6. The summed E-state index contributed by atoms with van der Waals surface area (Å²) in [6, 6.07) is 6.12. The summed E-state index contributed by atoms with van der Waals surface area (Å²) in [6.45, 7) is -2.53. The van der Waals surface area contributed by atoms with Crippen LogP contribution in [0.1, 0.15) is 31.2 Å². The van der Waals surface area contributed by atoms with Gasteiger partial charge in [0, 0.05) is 19.5 Å². The van der Waals surface area contributed by atoms with Crippen LogP contribution in [-0.2, 0) is 16.1 Å². The number of carboxylic acids is 1. The van der Waals surface area contributed by atoms with E-state index in [-0.39, 0.29) is 17.6 Å². The first-order valence-corrected chi connectivity index (χ1v) is 7.88. The molecule has 0 saturated heterocycles. The molecular formula is C17H21F2NO4. The predicted molar refractivity (Wildman–Crippen MR) is 82.6 cm³/mol. The van der Waals surface area contributed by atoms with Crippen molar-refractivity contribution in [1.82, 2.24) is 4.90 Å². The second-order valence-corrected chi connectivity index (χ2v) is 6.12. The van der Waals surface area contributed by atoms with Crippen LogP contribution in [0, 0.1) is 11.8 Å². The van der Waals surface area contributed by atoms with Crippen molar-refractivity contribution < 1.29 is 28.2 Å². The summed E-state index contributed by atoms with van der Waals surface area (Å²) in [5, 5.41) is 9.11. The van der Waals surface area contributed by atoms with Gasteiger partial charge in [-0.2, -0.15) is 8.78 Å². The zero-order valence-electron chi connectivity index (χ0n) is 13.5. The van der Waals surface area contributed by atoms with Crippen LogP contribution in [0.2, 0.25) is 0 Å². The van der Waals surface area contributed by atoms with Crippen LogP contribution >= 0.6 is 0 Å². The van der Waals surface area contributed by atoms with Gasteiger partial charge in [0.15, 0.2) is 0 Å². The molecule has 0 bridgehead atoms. The van der Waals surface area contributed by atoms with Crippen LogP contribution in [0.15, 0.2) is 24.3 Å². The Balaban J connectivity index is 1.92. The van der Waals surface area contributed by atoms with Crippen molar-refractivity contribution in [2.24, 2.45) is 11.8 Å². The zero-order valence-corrected chi connectivity index (χ0v) is 13.5. The number of carbonyl (C=O) groups excluding carboxylic acids is 1. The van der Waals surface area contributed by atoms with Gasteiger partial charge in [-0.15, -0.1) is 0 Å². The second kappa shape index (κ2) is 8.08.